The van der Waals surface area contributed by atoms with Crippen molar-refractivity contribution in [1.29, 1.82) is 0 Å². The van der Waals surface area contributed by atoms with E-state index in [1.54, 1.807) is 11.3 Å². The standard InChI is InChI=1S/C39H23N3OS/c1-2-10-24(11-3-1)25-20-22-26(23-21-25)37-40-38(30-15-9-18-33-35(30)29-13-4-6-17-32(29)43-33)42-39(41-37)31-16-8-14-28-27-12-5-7-19-34(27)44-36(28)31/h1-23H. The van der Waals surface area contributed by atoms with Gasteiger partial charge in [0.15, 0.2) is 17.5 Å². The highest BCUT2D eigenvalue weighted by molar-refractivity contribution is 7.26. The summed E-state index contributed by atoms with van der Waals surface area (Å²) < 4.78 is 8.64. The Morgan fingerprint density at radius 2 is 1.00 bits per heavy atom. The SMILES string of the molecule is c1ccc(-c2ccc(-c3nc(-c4cccc5c4sc4ccccc45)nc(-c4cccc5oc6ccccc6c45)n3)cc2)cc1. The van der Waals surface area contributed by atoms with Crippen LogP contribution in [0.15, 0.2) is 144 Å². The number of rotatable bonds is 4. The zero-order chi connectivity index (χ0) is 29.0. The number of aromatic nitrogens is 3. The molecular weight excluding hydrogens is 559 g/mol. The number of fused-ring (bicyclic) bond motifs is 6. The lowest BCUT2D eigenvalue weighted by molar-refractivity contribution is 0.669. The van der Waals surface area contributed by atoms with E-state index in [9.17, 15) is 0 Å². The van der Waals surface area contributed by atoms with Gasteiger partial charge < -0.3 is 4.42 Å². The summed E-state index contributed by atoms with van der Waals surface area (Å²) >= 11 is 1.78. The third-order valence-electron chi connectivity index (χ3n) is 8.17. The van der Waals surface area contributed by atoms with Crippen LogP contribution in [0.1, 0.15) is 0 Å². The van der Waals surface area contributed by atoms with Crippen LogP contribution < -0.4 is 0 Å². The van der Waals surface area contributed by atoms with Crippen LogP contribution in [0.2, 0.25) is 0 Å². The van der Waals surface area contributed by atoms with Gasteiger partial charge in [0.25, 0.3) is 0 Å². The monoisotopic (exact) mass is 581 g/mol. The number of thiophene rings is 1. The van der Waals surface area contributed by atoms with Crippen molar-refractivity contribution in [2.24, 2.45) is 0 Å². The minimum absolute atomic E-state index is 0.618. The molecule has 0 bridgehead atoms. The van der Waals surface area contributed by atoms with Crippen molar-refractivity contribution in [1.82, 2.24) is 15.0 Å². The Bertz CT molecular complexity index is 2490. The number of para-hydroxylation sites is 1. The number of nitrogens with zero attached hydrogens (tertiary/aromatic N) is 3. The highest BCUT2D eigenvalue weighted by Gasteiger charge is 2.19. The maximum atomic E-state index is 6.22. The quantitative estimate of drug-likeness (QED) is 0.207. The average Bonchev–Trinajstić information content (AvgIpc) is 3.67. The van der Waals surface area contributed by atoms with E-state index in [0.29, 0.717) is 17.5 Å². The lowest BCUT2D eigenvalue weighted by Gasteiger charge is -2.10. The molecule has 0 amide bonds. The van der Waals surface area contributed by atoms with Crippen molar-refractivity contribution < 1.29 is 4.42 Å². The van der Waals surface area contributed by atoms with Crippen LogP contribution in [0.4, 0.5) is 0 Å². The molecule has 6 aromatic carbocycles. The van der Waals surface area contributed by atoms with Crippen molar-refractivity contribution in [3.63, 3.8) is 0 Å². The molecule has 44 heavy (non-hydrogen) atoms. The summed E-state index contributed by atoms with van der Waals surface area (Å²) in [6, 6.07) is 48.0. The normalized spacial score (nSPS) is 11.6. The fraction of sp³-hybridized carbons (Fsp3) is 0. The van der Waals surface area contributed by atoms with Gasteiger partial charge in [-0.05, 0) is 35.4 Å². The van der Waals surface area contributed by atoms with Crippen LogP contribution in [-0.2, 0) is 0 Å². The van der Waals surface area contributed by atoms with E-state index >= 15 is 0 Å². The van der Waals surface area contributed by atoms with Gasteiger partial charge in [0.05, 0.1) is 0 Å². The molecular formula is C39H23N3OS. The van der Waals surface area contributed by atoms with Gasteiger partial charge in [0.2, 0.25) is 0 Å². The Balaban J connectivity index is 1.29. The minimum Gasteiger partial charge on any atom is -0.456 e. The van der Waals surface area contributed by atoms with Gasteiger partial charge in [-0.3, -0.25) is 0 Å². The molecule has 0 aliphatic rings. The molecule has 0 N–H and O–H groups in total. The second-order valence-electron chi connectivity index (χ2n) is 10.8. The Labute approximate surface area is 256 Å². The molecule has 0 aliphatic heterocycles. The van der Waals surface area contributed by atoms with Crippen molar-refractivity contribution in [3.05, 3.63) is 140 Å². The van der Waals surface area contributed by atoms with Gasteiger partial charge in [0, 0.05) is 47.6 Å². The summed E-state index contributed by atoms with van der Waals surface area (Å²) in [5.41, 5.74) is 6.82. The van der Waals surface area contributed by atoms with Gasteiger partial charge >= 0.3 is 0 Å². The molecule has 0 atom stereocenters. The zero-order valence-corrected chi connectivity index (χ0v) is 24.3. The maximum Gasteiger partial charge on any atom is 0.165 e. The Kier molecular flexibility index (Phi) is 5.64. The van der Waals surface area contributed by atoms with E-state index in [-0.39, 0.29) is 0 Å². The van der Waals surface area contributed by atoms with Gasteiger partial charge in [-0.15, -0.1) is 11.3 Å². The topological polar surface area (TPSA) is 51.8 Å². The first-order valence-corrected chi connectivity index (χ1v) is 15.3. The largest absolute Gasteiger partial charge is 0.456 e. The maximum absolute atomic E-state index is 6.22. The molecule has 3 heterocycles. The highest BCUT2D eigenvalue weighted by Crippen LogP contribution is 2.41. The van der Waals surface area contributed by atoms with Crippen LogP contribution in [0, 0.1) is 0 Å². The van der Waals surface area contributed by atoms with Crippen LogP contribution in [0.25, 0.3) is 87.4 Å². The Morgan fingerprint density at radius 1 is 0.409 bits per heavy atom. The van der Waals surface area contributed by atoms with E-state index in [1.165, 1.54) is 25.7 Å². The lowest BCUT2D eigenvalue weighted by atomic mass is 10.0. The molecule has 206 valence electrons. The number of furan rings is 1. The summed E-state index contributed by atoms with van der Waals surface area (Å²) in [7, 11) is 0. The van der Waals surface area contributed by atoms with Crippen molar-refractivity contribution in [2.75, 3.05) is 0 Å². The highest BCUT2D eigenvalue weighted by atomic mass is 32.1. The van der Waals surface area contributed by atoms with E-state index in [4.69, 9.17) is 19.4 Å². The zero-order valence-electron chi connectivity index (χ0n) is 23.4. The fourth-order valence-corrected chi connectivity index (χ4v) is 7.28. The third kappa shape index (κ3) is 4.02. The van der Waals surface area contributed by atoms with Gasteiger partial charge in [-0.25, -0.2) is 15.0 Å². The van der Waals surface area contributed by atoms with Crippen LogP contribution in [0.3, 0.4) is 0 Å². The van der Waals surface area contributed by atoms with Crippen molar-refractivity contribution in [3.8, 4) is 45.3 Å². The summed E-state index contributed by atoms with van der Waals surface area (Å²) in [6.45, 7) is 0. The Morgan fingerprint density at radius 3 is 1.86 bits per heavy atom. The van der Waals surface area contributed by atoms with Crippen molar-refractivity contribution in [2.45, 2.75) is 0 Å². The molecule has 0 aliphatic carbocycles. The molecule has 0 saturated heterocycles. The molecule has 0 unspecified atom stereocenters. The molecule has 9 rings (SSSR count). The van der Waals surface area contributed by atoms with E-state index in [1.807, 2.05) is 36.4 Å². The smallest absolute Gasteiger partial charge is 0.165 e. The Hall–Kier alpha value is -5.65. The minimum atomic E-state index is 0.618. The summed E-state index contributed by atoms with van der Waals surface area (Å²) in [5.74, 6) is 1.90. The third-order valence-corrected chi connectivity index (χ3v) is 9.39. The second-order valence-corrected chi connectivity index (χ2v) is 11.9. The van der Waals surface area contributed by atoms with Crippen LogP contribution >= 0.6 is 11.3 Å². The van der Waals surface area contributed by atoms with E-state index in [0.717, 1.165) is 44.2 Å². The number of hydrogen-bond acceptors (Lipinski definition) is 5. The van der Waals surface area contributed by atoms with Crippen LogP contribution in [0.5, 0.6) is 0 Å². The lowest BCUT2D eigenvalue weighted by Crippen LogP contribution is -2.00. The molecule has 5 heteroatoms. The fourth-order valence-electron chi connectivity index (χ4n) is 6.07. The first kappa shape index (κ1) is 24.9. The predicted molar refractivity (Wildman–Crippen MR) is 182 cm³/mol. The number of benzene rings is 6. The molecule has 0 fully saturated rings. The number of hydrogen-bond donors (Lipinski definition) is 0. The van der Waals surface area contributed by atoms with Crippen LogP contribution in [-0.4, -0.2) is 15.0 Å². The molecule has 0 saturated carbocycles. The van der Waals surface area contributed by atoms with Gasteiger partial charge in [0.1, 0.15) is 11.2 Å². The predicted octanol–water partition coefficient (Wildman–Crippen LogP) is 10.8. The summed E-state index contributed by atoms with van der Waals surface area (Å²) in [5, 5.41) is 4.50. The first-order chi connectivity index (χ1) is 21.8. The average molecular weight is 582 g/mol. The summed E-state index contributed by atoms with van der Waals surface area (Å²) in [4.78, 5) is 15.4. The molecule has 3 aromatic heterocycles. The second kappa shape index (κ2) is 9.97. The van der Waals surface area contributed by atoms with Gasteiger partial charge in [-0.2, -0.15) is 0 Å². The molecule has 4 nitrogen and oxygen atoms in total. The van der Waals surface area contributed by atoms with E-state index < -0.39 is 0 Å². The van der Waals surface area contributed by atoms with Gasteiger partial charge in [-0.1, -0.05) is 115 Å². The molecule has 0 radical (unpaired) electrons. The summed E-state index contributed by atoms with van der Waals surface area (Å²) in [6.07, 6.45) is 0. The first-order valence-electron chi connectivity index (χ1n) is 14.5. The van der Waals surface area contributed by atoms with E-state index in [2.05, 4.69) is 103 Å². The molecule has 9 aromatic rings. The van der Waals surface area contributed by atoms with Crippen molar-refractivity contribution >= 4 is 53.4 Å². The molecule has 0 spiro atoms.